The molecule has 1 amide bonds. The largest absolute Gasteiger partial charge is 0.490 e. The molecule has 0 bridgehead atoms. The van der Waals surface area contributed by atoms with Crippen LogP contribution in [-0.4, -0.2) is 51.4 Å². The molecule has 1 aromatic carbocycles. The van der Waals surface area contributed by atoms with E-state index in [4.69, 9.17) is 14.4 Å². The molecular weight excluding hydrogens is 500 g/mol. The molecule has 1 aliphatic carbocycles. The summed E-state index contributed by atoms with van der Waals surface area (Å²) in [6, 6.07) is 6.17. The number of hydrogen-bond donors (Lipinski definition) is 4. The van der Waals surface area contributed by atoms with Crippen molar-refractivity contribution < 1.29 is 36.8 Å². The monoisotopic (exact) mass is 524 g/mol. The minimum atomic E-state index is -5.08. The summed E-state index contributed by atoms with van der Waals surface area (Å²) in [5, 5.41) is 20.0. The average Bonchev–Trinajstić information content (AvgIpc) is 3.58. The Balaban J connectivity index is 0.000000479. The molecule has 1 fully saturated rings. The Morgan fingerprint density at radius 3 is 2.51 bits per heavy atom. The zero-order chi connectivity index (χ0) is 27.0. The predicted octanol–water partition coefficient (Wildman–Crippen LogP) is 4.40. The number of carbonyl (C=O) groups is 2. The van der Waals surface area contributed by atoms with Crippen LogP contribution in [0.25, 0.3) is 0 Å². The van der Waals surface area contributed by atoms with Crippen LogP contribution in [0, 0.1) is 12.7 Å². The molecule has 10 nitrogen and oxygen atoms in total. The predicted molar refractivity (Wildman–Crippen MR) is 124 cm³/mol. The minimum absolute atomic E-state index is 0.198. The molecule has 4 N–H and O–H groups in total. The number of amides is 1. The molecule has 4 rings (SSSR count). The number of carboxylic acid groups (broad SMARTS) is 1. The number of aryl methyl sites for hydroxylation is 1. The van der Waals surface area contributed by atoms with E-state index in [0.29, 0.717) is 42.0 Å². The number of carboxylic acids is 1. The van der Waals surface area contributed by atoms with Crippen LogP contribution in [0.2, 0.25) is 0 Å². The maximum absolute atomic E-state index is 13.4. The molecule has 0 saturated heterocycles. The minimum Gasteiger partial charge on any atom is -0.475 e. The molecule has 0 aliphatic heterocycles. The summed E-state index contributed by atoms with van der Waals surface area (Å²) in [5.74, 6) is -1.12. The van der Waals surface area contributed by atoms with E-state index in [1.807, 2.05) is 6.20 Å². The lowest BCUT2D eigenvalue weighted by atomic mass is 10.2. The molecule has 14 heteroatoms. The van der Waals surface area contributed by atoms with E-state index in [1.165, 1.54) is 18.3 Å². The van der Waals surface area contributed by atoms with Gasteiger partial charge in [-0.25, -0.2) is 14.2 Å². The van der Waals surface area contributed by atoms with Crippen LogP contribution in [0.4, 0.5) is 35.0 Å². The van der Waals surface area contributed by atoms with E-state index in [-0.39, 0.29) is 11.7 Å². The molecule has 0 unspecified atom stereocenters. The smallest absolute Gasteiger partial charge is 0.475 e. The van der Waals surface area contributed by atoms with Crippen LogP contribution in [0.3, 0.4) is 0 Å². The summed E-state index contributed by atoms with van der Waals surface area (Å²) in [4.78, 5) is 29.9. The lowest BCUT2D eigenvalue weighted by molar-refractivity contribution is -0.192. The lowest BCUT2D eigenvalue weighted by Crippen LogP contribution is -2.26. The van der Waals surface area contributed by atoms with Gasteiger partial charge in [0, 0.05) is 30.5 Å². The van der Waals surface area contributed by atoms with Crippen molar-refractivity contribution in [3.05, 3.63) is 59.4 Å². The van der Waals surface area contributed by atoms with E-state index in [2.05, 4.69) is 31.1 Å². The van der Waals surface area contributed by atoms with E-state index in [0.717, 1.165) is 30.6 Å². The van der Waals surface area contributed by atoms with Crippen LogP contribution in [0.1, 0.15) is 46.9 Å². The van der Waals surface area contributed by atoms with Gasteiger partial charge in [0.2, 0.25) is 5.95 Å². The van der Waals surface area contributed by atoms with Gasteiger partial charge in [0.1, 0.15) is 23.0 Å². The van der Waals surface area contributed by atoms with Crippen LogP contribution >= 0.6 is 0 Å². The van der Waals surface area contributed by atoms with Crippen molar-refractivity contribution in [2.75, 3.05) is 23.7 Å². The highest BCUT2D eigenvalue weighted by Crippen LogP contribution is 2.42. The quantitative estimate of drug-likeness (QED) is 0.237. The summed E-state index contributed by atoms with van der Waals surface area (Å²) >= 11 is 0. The van der Waals surface area contributed by atoms with Crippen molar-refractivity contribution in [3.63, 3.8) is 0 Å². The summed E-state index contributed by atoms with van der Waals surface area (Å²) in [7, 11) is 0. The number of hydrogen-bond acceptors (Lipinski definition) is 8. The maximum Gasteiger partial charge on any atom is 0.490 e. The Kier molecular flexibility index (Phi) is 8.98. The van der Waals surface area contributed by atoms with Gasteiger partial charge in [0.25, 0.3) is 5.91 Å². The Morgan fingerprint density at radius 2 is 1.92 bits per heavy atom. The first kappa shape index (κ1) is 27.4. The fraction of sp³-hybridized carbons (Fsp3) is 0.348. The molecule has 2 aromatic heterocycles. The van der Waals surface area contributed by atoms with E-state index >= 15 is 0 Å². The van der Waals surface area contributed by atoms with Crippen LogP contribution in [-0.2, 0) is 4.79 Å². The molecule has 198 valence electrons. The van der Waals surface area contributed by atoms with Gasteiger partial charge in [-0.05, 0) is 50.3 Å². The fourth-order valence-corrected chi connectivity index (χ4v) is 3.09. The summed E-state index contributed by atoms with van der Waals surface area (Å²) in [6.07, 6.45) is 1.13. The molecular formula is C23H24F4N6O4. The second-order valence-corrected chi connectivity index (χ2v) is 8.04. The standard InChI is InChI=1S/C21H23FN6O2.C2HF3O2/c1-13-17(12-26-30-13)20(29)24-9-3-8-23-19-18(14-6-7-14)11-25-21(28-19)27-16-5-2-4-15(22)10-16;3-2(4,5)1(6)7/h2,4-5,10-12,14H,3,6-9H2,1H3,(H,24,29)(H2,23,25,27,28);(H,6,7). The third kappa shape index (κ3) is 8.44. The second-order valence-electron chi connectivity index (χ2n) is 8.04. The third-order valence-corrected chi connectivity index (χ3v) is 5.08. The molecule has 1 aliphatic rings. The second kappa shape index (κ2) is 12.1. The van der Waals surface area contributed by atoms with Gasteiger partial charge in [-0.3, -0.25) is 4.79 Å². The summed E-state index contributed by atoms with van der Waals surface area (Å²) < 4.78 is 50.0. The fourth-order valence-electron chi connectivity index (χ4n) is 3.09. The van der Waals surface area contributed by atoms with Gasteiger partial charge in [0.05, 0.1) is 6.20 Å². The first-order valence-corrected chi connectivity index (χ1v) is 11.2. The highest BCUT2D eigenvalue weighted by atomic mass is 19.4. The van der Waals surface area contributed by atoms with Crippen molar-refractivity contribution in [1.82, 2.24) is 20.4 Å². The molecule has 3 aromatic rings. The first-order valence-electron chi connectivity index (χ1n) is 11.2. The molecule has 1 saturated carbocycles. The molecule has 0 atom stereocenters. The summed E-state index contributed by atoms with van der Waals surface area (Å²) in [6.45, 7) is 2.85. The maximum atomic E-state index is 13.4. The number of rotatable bonds is 9. The number of nitrogens with zero attached hydrogens (tertiary/aromatic N) is 3. The number of benzene rings is 1. The van der Waals surface area contributed by atoms with Crippen molar-refractivity contribution in [3.8, 4) is 0 Å². The summed E-state index contributed by atoms with van der Waals surface area (Å²) in [5.41, 5.74) is 2.12. The number of aromatic nitrogens is 3. The van der Waals surface area contributed by atoms with E-state index in [1.54, 1.807) is 19.1 Å². The Labute approximate surface area is 208 Å². The Hall–Kier alpha value is -4.23. The third-order valence-electron chi connectivity index (χ3n) is 5.08. The highest BCUT2D eigenvalue weighted by Gasteiger charge is 2.38. The number of halogens is 4. The van der Waals surface area contributed by atoms with E-state index in [9.17, 15) is 22.4 Å². The Bertz CT molecular complexity index is 1230. The number of aliphatic carboxylic acids is 1. The van der Waals surface area contributed by atoms with Crippen LogP contribution in [0.15, 0.2) is 41.2 Å². The van der Waals surface area contributed by atoms with Gasteiger partial charge in [-0.15, -0.1) is 0 Å². The van der Waals surface area contributed by atoms with Gasteiger partial charge in [0.15, 0.2) is 0 Å². The van der Waals surface area contributed by atoms with Crippen molar-refractivity contribution in [1.29, 1.82) is 0 Å². The molecule has 2 heterocycles. The SMILES string of the molecule is Cc1oncc1C(=O)NCCCNc1nc(Nc2cccc(F)c2)ncc1C1CC1.O=C(O)C(F)(F)F. The average molecular weight is 524 g/mol. The topological polar surface area (TPSA) is 142 Å². The van der Waals surface area contributed by atoms with Crippen LogP contribution in [0.5, 0.6) is 0 Å². The number of alkyl halides is 3. The number of anilines is 3. The lowest BCUT2D eigenvalue weighted by Gasteiger charge is -2.13. The Morgan fingerprint density at radius 1 is 1.19 bits per heavy atom. The van der Waals surface area contributed by atoms with Gasteiger partial charge < -0.3 is 25.6 Å². The zero-order valence-corrected chi connectivity index (χ0v) is 19.6. The number of carbonyl (C=O) groups excluding carboxylic acids is 1. The highest BCUT2D eigenvalue weighted by molar-refractivity contribution is 5.94. The van der Waals surface area contributed by atoms with Crippen molar-refractivity contribution in [2.45, 2.75) is 38.3 Å². The van der Waals surface area contributed by atoms with Crippen molar-refractivity contribution in [2.24, 2.45) is 0 Å². The van der Waals surface area contributed by atoms with Gasteiger partial charge in [-0.1, -0.05) is 11.2 Å². The first-order chi connectivity index (χ1) is 17.5. The van der Waals surface area contributed by atoms with Crippen LogP contribution < -0.4 is 16.0 Å². The zero-order valence-electron chi connectivity index (χ0n) is 19.6. The van der Waals surface area contributed by atoms with Gasteiger partial charge in [-0.2, -0.15) is 18.2 Å². The normalized spacial score (nSPS) is 12.8. The van der Waals surface area contributed by atoms with Gasteiger partial charge >= 0.3 is 12.1 Å². The molecule has 0 spiro atoms. The molecule has 0 radical (unpaired) electrons. The van der Waals surface area contributed by atoms with Crippen molar-refractivity contribution >= 4 is 29.3 Å². The molecule has 37 heavy (non-hydrogen) atoms. The number of nitrogens with one attached hydrogen (secondary N) is 3. The van der Waals surface area contributed by atoms with E-state index < -0.39 is 12.1 Å².